The van der Waals surface area contributed by atoms with Crippen LogP contribution < -0.4 is 19.3 Å². The number of fused-ring (bicyclic) bond motifs is 1. The number of aromatic nitrogens is 3. The molecule has 1 fully saturated rings. The predicted molar refractivity (Wildman–Crippen MR) is 123 cm³/mol. The molecule has 33 heavy (non-hydrogen) atoms. The fourth-order valence-electron chi connectivity index (χ4n) is 4.19. The number of anilines is 2. The number of amides is 2. The monoisotopic (exact) mass is 447 g/mol. The molecule has 2 amide bonds. The minimum atomic E-state index is -0.538. The Morgan fingerprint density at radius 1 is 1.06 bits per heavy atom. The molecular formula is C24H25N5O4. The van der Waals surface area contributed by atoms with Gasteiger partial charge in [-0.05, 0) is 43.5 Å². The summed E-state index contributed by atoms with van der Waals surface area (Å²) in [6.45, 7) is 3.75. The third kappa shape index (κ3) is 4.02. The minimum absolute atomic E-state index is 0.0783. The highest BCUT2D eigenvalue weighted by atomic mass is 16.6. The SMILES string of the molecule is COc1ccc(OC(=O)N2C[C@H](C)N(C(C)=O)c3ccc(-c4cnn(C5CC5)c4)cc32)cn1. The predicted octanol–water partition coefficient (Wildman–Crippen LogP) is 4.05. The third-order valence-electron chi connectivity index (χ3n) is 5.95. The molecule has 3 heterocycles. The van der Waals surface area contributed by atoms with Gasteiger partial charge in [0, 0.05) is 31.3 Å². The van der Waals surface area contributed by atoms with Crippen LogP contribution in [0.1, 0.15) is 32.7 Å². The molecule has 0 radical (unpaired) electrons. The number of hydrogen-bond acceptors (Lipinski definition) is 6. The zero-order chi connectivity index (χ0) is 23.1. The van der Waals surface area contributed by atoms with E-state index in [9.17, 15) is 9.59 Å². The number of methoxy groups -OCH3 is 1. The first kappa shape index (κ1) is 21.0. The van der Waals surface area contributed by atoms with Gasteiger partial charge in [-0.25, -0.2) is 9.78 Å². The number of pyridine rings is 1. The van der Waals surface area contributed by atoms with Crippen LogP contribution >= 0.6 is 0 Å². The van der Waals surface area contributed by atoms with E-state index in [1.807, 2.05) is 42.2 Å². The summed E-state index contributed by atoms with van der Waals surface area (Å²) >= 11 is 0. The molecule has 0 spiro atoms. The maximum atomic E-state index is 13.2. The average Bonchev–Trinajstić information content (AvgIpc) is 3.54. The Hall–Kier alpha value is -3.88. The zero-order valence-electron chi connectivity index (χ0n) is 18.8. The van der Waals surface area contributed by atoms with E-state index in [1.54, 1.807) is 21.9 Å². The molecule has 3 aromatic rings. The Balaban J connectivity index is 1.49. The first-order chi connectivity index (χ1) is 15.9. The molecule has 1 saturated carbocycles. The van der Waals surface area contributed by atoms with Gasteiger partial charge >= 0.3 is 6.09 Å². The first-order valence-electron chi connectivity index (χ1n) is 10.9. The second kappa shape index (κ2) is 8.23. The Morgan fingerprint density at radius 3 is 2.55 bits per heavy atom. The summed E-state index contributed by atoms with van der Waals surface area (Å²) in [6.07, 6.45) is 7.06. The molecule has 1 atom stereocenters. The smallest absolute Gasteiger partial charge is 0.419 e. The van der Waals surface area contributed by atoms with Gasteiger partial charge in [0.1, 0.15) is 0 Å². The Morgan fingerprint density at radius 2 is 1.88 bits per heavy atom. The van der Waals surface area contributed by atoms with E-state index in [0.717, 1.165) is 24.0 Å². The van der Waals surface area contributed by atoms with E-state index >= 15 is 0 Å². The number of nitrogens with zero attached hydrogens (tertiary/aromatic N) is 5. The molecule has 5 rings (SSSR count). The molecule has 2 aromatic heterocycles. The van der Waals surface area contributed by atoms with Crippen molar-refractivity contribution in [3.63, 3.8) is 0 Å². The lowest BCUT2D eigenvalue weighted by molar-refractivity contribution is -0.117. The van der Waals surface area contributed by atoms with E-state index in [0.29, 0.717) is 35.6 Å². The van der Waals surface area contributed by atoms with Gasteiger partial charge in [0.15, 0.2) is 5.75 Å². The molecule has 9 nitrogen and oxygen atoms in total. The summed E-state index contributed by atoms with van der Waals surface area (Å²) in [7, 11) is 1.52. The second-order valence-corrected chi connectivity index (χ2v) is 8.40. The molecule has 170 valence electrons. The molecule has 1 aliphatic carbocycles. The van der Waals surface area contributed by atoms with Gasteiger partial charge in [-0.3, -0.25) is 14.4 Å². The van der Waals surface area contributed by atoms with Crippen LogP contribution in [0.3, 0.4) is 0 Å². The number of carbonyl (C=O) groups is 2. The lowest BCUT2D eigenvalue weighted by Crippen LogP contribution is -2.52. The summed E-state index contributed by atoms with van der Waals surface area (Å²) in [5, 5.41) is 4.48. The van der Waals surface area contributed by atoms with Gasteiger partial charge in [-0.15, -0.1) is 0 Å². The van der Waals surface area contributed by atoms with Crippen molar-refractivity contribution >= 4 is 23.4 Å². The van der Waals surface area contributed by atoms with Crippen LogP contribution in [-0.2, 0) is 4.79 Å². The lowest BCUT2D eigenvalue weighted by atomic mass is 10.0. The van der Waals surface area contributed by atoms with Gasteiger partial charge in [0.05, 0.1) is 43.0 Å². The quantitative estimate of drug-likeness (QED) is 0.599. The molecule has 1 aliphatic heterocycles. The third-order valence-corrected chi connectivity index (χ3v) is 5.95. The van der Waals surface area contributed by atoms with Crippen molar-refractivity contribution in [2.24, 2.45) is 0 Å². The maximum Gasteiger partial charge on any atom is 0.419 e. The Kier molecular flexibility index (Phi) is 5.24. The van der Waals surface area contributed by atoms with Crippen molar-refractivity contribution in [3.8, 4) is 22.8 Å². The zero-order valence-corrected chi connectivity index (χ0v) is 18.8. The van der Waals surface area contributed by atoms with E-state index in [4.69, 9.17) is 9.47 Å². The molecule has 0 unspecified atom stereocenters. The average molecular weight is 447 g/mol. The topological polar surface area (TPSA) is 89.8 Å². The van der Waals surface area contributed by atoms with Gasteiger partial charge in [0.2, 0.25) is 11.8 Å². The molecule has 1 aromatic carbocycles. The highest BCUT2D eigenvalue weighted by molar-refractivity contribution is 6.03. The number of carbonyl (C=O) groups excluding carboxylic acids is 2. The standard InChI is InChI=1S/C24H25N5O4/c1-15-13-27(24(31)33-20-7-9-23(32-3)25-12-20)22-10-17(4-8-21(22)29(15)16(2)30)18-11-26-28(14-18)19-5-6-19/h4,7-12,14-15,19H,5-6,13H2,1-3H3/t15-/m0/s1. The largest absolute Gasteiger partial charge is 0.481 e. The summed E-state index contributed by atoms with van der Waals surface area (Å²) in [5.41, 5.74) is 3.17. The first-order valence-corrected chi connectivity index (χ1v) is 10.9. The molecule has 0 saturated heterocycles. The van der Waals surface area contributed by atoms with Gasteiger partial charge in [-0.1, -0.05) is 6.07 Å². The Labute approximate surface area is 191 Å². The molecule has 2 aliphatic rings. The van der Waals surface area contributed by atoms with Crippen molar-refractivity contribution in [1.29, 1.82) is 0 Å². The molecular weight excluding hydrogens is 422 g/mol. The molecule has 0 N–H and O–H groups in total. The number of hydrogen-bond donors (Lipinski definition) is 0. The summed E-state index contributed by atoms with van der Waals surface area (Å²) in [5.74, 6) is 0.663. The van der Waals surface area contributed by atoms with Crippen molar-refractivity contribution in [1.82, 2.24) is 14.8 Å². The molecule has 9 heteroatoms. The Bertz CT molecular complexity index is 1200. The van der Waals surface area contributed by atoms with Crippen LogP contribution in [0.25, 0.3) is 11.1 Å². The van der Waals surface area contributed by atoms with Gasteiger partial charge in [0.25, 0.3) is 0 Å². The van der Waals surface area contributed by atoms with Gasteiger partial charge < -0.3 is 14.4 Å². The van der Waals surface area contributed by atoms with Crippen LogP contribution in [0.4, 0.5) is 16.2 Å². The van der Waals surface area contributed by atoms with Crippen molar-refractivity contribution in [2.75, 3.05) is 23.5 Å². The minimum Gasteiger partial charge on any atom is -0.481 e. The maximum absolute atomic E-state index is 13.2. The van der Waals surface area contributed by atoms with E-state index in [-0.39, 0.29) is 11.9 Å². The van der Waals surface area contributed by atoms with Crippen molar-refractivity contribution in [3.05, 3.63) is 48.9 Å². The van der Waals surface area contributed by atoms with E-state index in [2.05, 4.69) is 10.1 Å². The highest BCUT2D eigenvalue weighted by Crippen LogP contribution is 2.40. The highest BCUT2D eigenvalue weighted by Gasteiger charge is 2.35. The van der Waals surface area contributed by atoms with Crippen LogP contribution in [0.2, 0.25) is 0 Å². The van der Waals surface area contributed by atoms with E-state index in [1.165, 1.54) is 20.2 Å². The summed E-state index contributed by atoms with van der Waals surface area (Å²) < 4.78 is 12.6. The van der Waals surface area contributed by atoms with Crippen molar-refractivity contribution < 1.29 is 19.1 Å². The number of ether oxygens (including phenoxy) is 2. The van der Waals surface area contributed by atoms with Crippen LogP contribution in [0, 0.1) is 0 Å². The lowest BCUT2D eigenvalue weighted by Gasteiger charge is -2.40. The van der Waals surface area contributed by atoms with Gasteiger partial charge in [-0.2, -0.15) is 5.10 Å². The van der Waals surface area contributed by atoms with Crippen LogP contribution in [0.15, 0.2) is 48.9 Å². The molecule has 0 bridgehead atoms. The fraction of sp³-hybridized carbons (Fsp3) is 0.333. The fourth-order valence-corrected chi connectivity index (χ4v) is 4.19. The second-order valence-electron chi connectivity index (χ2n) is 8.40. The number of rotatable bonds is 4. The van der Waals surface area contributed by atoms with Crippen LogP contribution in [-0.4, -0.2) is 46.5 Å². The van der Waals surface area contributed by atoms with Crippen molar-refractivity contribution in [2.45, 2.75) is 38.8 Å². The number of benzene rings is 1. The normalized spacial score (nSPS) is 17.5. The summed E-state index contributed by atoms with van der Waals surface area (Å²) in [4.78, 5) is 32.9. The van der Waals surface area contributed by atoms with E-state index < -0.39 is 6.09 Å². The van der Waals surface area contributed by atoms with Crippen LogP contribution in [0.5, 0.6) is 11.6 Å². The summed E-state index contributed by atoms with van der Waals surface area (Å²) in [6, 6.07) is 9.28.